The van der Waals surface area contributed by atoms with E-state index in [-0.39, 0.29) is 17.7 Å². The molecular weight excluding hydrogens is 453 g/mol. The topological polar surface area (TPSA) is 128 Å². The van der Waals surface area contributed by atoms with E-state index in [0.29, 0.717) is 28.5 Å². The molecule has 0 spiro atoms. The SMILES string of the molecule is CNC(=O)c1c(C)oc2cc(Oc3ccnc(N)n3)ccc12.FC(F)(F)CNc1ccccn1. The number of nitrogens with zero attached hydrogens (tertiary/aromatic N) is 3. The minimum atomic E-state index is -4.20. The highest BCUT2D eigenvalue weighted by Crippen LogP contribution is 2.30. The first kappa shape index (κ1) is 24.3. The zero-order chi connectivity index (χ0) is 24.7. The van der Waals surface area contributed by atoms with Crippen molar-refractivity contribution in [1.82, 2.24) is 20.3 Å². The Kier molecular flexibility index (Phi) is 7.51. The normalized spacial score (nSPS) is 10.9. The number of nitrogens with one attached hydrogen (secondary N) is 2. The highest BCUT2D eigenvalue weighted by Gasteiger charge is 2.26. The fourth-order valence-electron chi connectivity index (χ4n) is 2.86. The van der Waals surface area contributed by atoms with Crippen LogP contribution in [0.3, 0.4) is 0 Å². The lowest BCUT2D eigenvalue weighted by atomic mass is 10.1. The first-order chi connectivity index (χ1) is 16.2. The molecule has 1 aromatic carbocycles. The van der Waals surface area contributed by atoms with Gasteiger partial charge in [0.05, 0.1) is 5.56 Å². The number of furan rings is 1. The number of nitrogens with two attached hydrogens (primary N) is 1. The molecule has 12 heteroatoms. The molecule has 0 unspecified atom stereocenters. The van der Waals surface area contributed by atoms with Crippen molar-refractivity contribution in [3.63, 3.8) is 0 Å². The Morgan fingerprint density at radius 3 is 2.59 bits per heavy atom. The van der Waals surface area contributed by atoms with Gasteiger partial charge >= 0.3 is 6.18 Å². The van der Waals surface area contributed by atoms with Crippen LogP contribution in [0.25, 0.3) is 11.0 Å². The second kappa shape index (κ2) is 10.5. The van der Waals surface area contributed by atoms with Gasteiger partial charge in [0.15, 0.2) is 0 Å². The highest BCUT2D eigenvalue weighted by atomic mass is 19.4. The number of benzene rings is 1. The number of hydrogen-bond acceptors (Lipinski definition) is 8. The molecule has 0 atom stereocenters. The fourth-order valence-corrected chi connectivity index (χ4v) is 2.86. The third kappa shape index (κ3) is 6.58. The Morgan fingerprint density at radius 1 is 1.15 bits per heavy atom. The van der Waals surface area contributed by atoms with Gasteiger partial charge in [0.2, 0.25) is 11.8 Å². The molecule has 0 aliphatic rings. The van der Waals surface area contributed by atoms with Gasteiger partial charge in [0.25, 0.3) is 5.91 Å². The zero-order valence-electron chi connectivity index (χ0n) is 18.2. The first-order valence-electron chi connectivity index (χ1n) is 9.89. The third-order valence-corrected chi connectivity index (χ3v) is 4.30. The van der Waals surface area contributed by atoms with Crippen molar-refractivity contribution in [2.45, 2.75) is 13.1 Å². The van der Waals surface area contributed by atoms with Crippen molar-refractivity contribution in [3.8, 4) is 11.6 Å². The quantitative estimate of drug-likeness (QED) is 0.390. The zero-order valence-corrected chi connectivity index (χ0v) is 18.2. The van der Waals surface area contributed by atoms with Crippen molar-refractivity contribution in [2.24, 2.45) is 0 Å². The number of pyridine rings is 1. The van der Waals surface area contributed by atoms with Gasteiger partial charge in [-0.25, -0.2) is 9.97 Å². The third-order valence-electron chi connectivity index (χ3n) is 4.30. The van der Waals surface area contributed by atoms with Crippen LogP contribution in [0, 0.1) is 6.92 Å². The molecule has 0 aliphatic carbocycles. The fraction of sp³-hybridized carbons (Fsp3) is 0.182. The van der Waals surface area contributed by atoms with E-state index in [0.717, 1.165) is 5.39 Å². The van der Waals surface area contributed by atoms with Crippen molar-refractivity contribution < 1.29 is 27.1 Å². The maximum atomic E-state index is 11.9. The molecule has 3 aromatic heterocycles. The highest BCUT2D eigenvalue weighted by molar-refractivity contribution is 6.07. The molecule has 1 amide bonds. The van der Waals surface area contributed by atoms with Crippen molar-refractivity contribution in [3.05, 3.63) is 66.2 Å². The molecule has 0 radical (unpaired) electrons. The number of halogens is 3. The van der Waals surface area contributed by atoms with Crippen LogP contribution in [-0.2, 0) is 0 Å². The van der Waals surface area contributed by atoms with E-state index in [1.54, 1.807) is 50.4 Å². The summed E-state index contributed by atoms with van der Waals surface area (Å²) in [6.07, 6.45) is -1.26. The van der Waals surface area contributed by atoms with Crippen LogP contribution in [0.1, 0.15) is 16.1 Å². The van der Waals surface area contributed by atoms with Crippen LogP contribution < -0.4 is 21.1 Å². The number of ether oxygens (including phenoxy) is 1. The summed E-state index contributed by atoms with van der Waals surface area (Å²) in [6.45, 7) is 0.695. The molecule has 4 N–H and O–H groups in total. The van der Waals surface area contributed by atoms with E-state index < -0.39 is 12.7 Å². The molecular formula is C22H21F3N6O3. The van der Waals surface area contributed by atoms with Gasteiger partial charge in [-0.1, -0.05) is 6.07 Å². The standard InChI is InChI=1S/C15H14N4O3.C7H7F3N2/c1-8-13(14(20)17-2)10-4-3-9(7-11(10)21-8)22-12-5-6-18-15(16)19-12;8-7(9,10)5-12-6-3-1-2-4-11-6/h3-7H,1-2H3,(H,17,20)(H2,16,18,19);1-4H,5H2,(H,11,12). The van der Waals surface area contributed by atoms with Crippen LogP contribution in [0.4, 0.5) is 24.9 Å². The number of aromatic nitrogens is 3. The number of hydrogen-bond donors (Lipinski definition) is 3. The lowest BCUT2D eigenvalue weighted by Gasteiger charge is -2.07. The maximum absolute atomic E-state index is 11.9. The second-order valence-electron chi connectivity index (χ2n) is 6.81. The van der Waals surface area contributed by atoms with Crippen LogP contribution in [0.2, 0.25) is 0 Å². The number of carbonyl (C=O) groups is 1. The van der Waals surface area contributed by atoms with Gasteiger partial charge in [0.1, 0.15) is 29.5 Å². The molecule has 34 heavy (non-hydrogen) atoms. The van der Waals surface area contributed by atoms with Crippen molar-refractivity contribution >= 4 is 28.6 Å². The van der Waals surface area contributed by atoms with Crippen LogP contribution in [0.15, 0.2) is 59.3 Å². The smallest absolute Gasteiger partial charge is 0.405 e. The number of anilines is 2. The van der Waals surface area contributed by atoms with Crippen LogP contribution >= 0.6 is 0 Å². The molecule has 9 nitrogen and oxygen atoms in total. The number of alkyl halides is 3. The number of carbonyl (C=O) groups excluding carboxylic acids is 1. The summed E-state index contributed by atoms with van der Waals surface area (Å²) in [5.74, 6) is 1.60. The summed E-state index contributed by atoms with van der Waals surface area (Å²) in [5, 5.41) is 5.48. The molecule has 4 rings (SSSR count). The van der Waals surface area contributed by atoms with Crippen LogP contribution in [0.5, 0.6) is 11.6 Å². The summed E-state index contributed by atoms with van der Waals surface area (Å²) in [6, 6.07) is 11.5. The van der Waals surface area contributed by atoms with Gasteiger partial charge in [-0.05, 0) is 31.2 Å². The molecule has 0 aliphatic heterocycles. The summed E-state index contributed by atoms with van der Waals surface area (Å²) in [4.78, 5) is 23.3. The Balaban J connectivity index is 0.000000229. The van der Waals surface area contributed by atoms with Gasteiger partial charge < -0.3 is 25.5 Å². The van der Waals surface area contributed by atoms with Gasteiger partial charge in [0, 0.05) is 37.0 Å². The van der Waals surface area contributed by atoms with E-state index in [1.165, 1.54) is 18.5 Å². The lowest BCUT2D eigenvalue weighted by Crippen LogP contribution is -2.21. The van der Waals surface area contributed by atoms with E-state index in [2.05, 4.69) is 25.6 Å². The molecule has 178 valence electrons. The van der Waals surface area contributed by atoms with E-state index in [1.807, 2.05) is 0 Å². The summed E-state index contributed by atoms with van der Waals surface area (Å²) in [5.41, 5.74) is 6.60. The predicted molar refractivity (Wildman–Crippen MR) is 120 cm³/mol. The van der Waals surface area contributed by atoms with Crippen LogP contribution in [-0.4, -0.2) is 40.6 Å². The maximum Gasteiger partial charge on any atom is 0.405 e. The lowest BCUT2D eigenvalue weighted by molar-refractivity contribution is -0.115. The Morgan fingerprint density at radius 2 is 1.94 bits per heavy atom. The molecule has 0 saturated carbocycles. The predicted octanol–water partition coefficient (Wildman–Crippen LogP) is 4.32. The van der Waals surface area contributed by atoms with Gasteiger partial charge in [-0.3, -0.25) is 4.79 Å². The van der Waals surface area contributed by atoms with E-state index >= 15 is 0 Å². The largest absolute Gasteiger partial charge is 0.460 e. The minimum Gasteiger partial charge on any atom is -0.460 e. The molecule has 3 heterocycles. The van der Waals surface area contributed by atoms with Gasteiger partial charge in [-0.15, -0.1) is 0 Å². The molecule has 0 saturated heterocycles. The van der Waals surface area contributed by atoms with Crippen molar-refractivity contribution in [1.29, 1.82) is 0 Å². The second-order valence-corrected chi connectivity index (χ2v) is 6.81. The number of nitrogen functional groups attached to an aromatic ring is 1. The molecule has 4 aromatic rings. The summed E-state index contributed by atoms with van der Waals surface area (Å²) >= 11 is 0. The monoisotopic (exact) mass is 474 g/mol. The van der Waals surface area contributed by atoms with Crippen molar-refractivity contribution in [2.75, 3.05) is 24.6 Å². The van der Waals surface area contributed by atoms with Gasteiger partial charge in [-0.2, -0.15) is 18.2 Å². The molecule has 0 bridgehead atoms. The summed E-state index contributed by atoms with van der Waals surface area (Å²) < 4.78 is 46.2. The average molecular weight is 474 g/mol. The average Bonchev–Trinajstić information content (AvgIpc) is 3.13. The molecule has 0 fully saturated rings. The van der Waals surface area contributed by atoms with E-state index in [9.17, 15) is 18.0 Å². The Hall–Kier alpha value is -4.35. The Labute approximate surface area is 192 Å². The Bertz CT molecular complexity index is 1260. The van der Waals surface area contributed by atoms with E-state index in [4.69, 9.17) is 14.9 Å². The number of fused-ring (bicyclic) bond motifs is 1. The number of rotatable bonds is 5. The first-order valence-corrected chi connectivity index (χ1v) is 9.89. The number of aryl methyl sites for hydroxylation is 1. The minimum absolute atomic E-state index is 0.134. The number of amides is 1. The summed E-state index contributed by atoms with van der Waals surface area (Å²) in [7, 11) is 1.58.